The van der Waals surface area contributed by atoms with Gasteiger partial charge in [-0.25, -0.2) is 9.37 Å². The zero-order valence-corrected chi connectivity index (χ0v) is 20.4. The highest BCUT2D eigenvalue weighted by atomic mass is 35.5. The van der Waals surface area contributed by atoms with Crippen LogP contribution in [0.5, 0.6) is 0 Å². The van der Waals surface area contributed by atoms with Gasteiger partial charge in [0.2, 0.25) is 5.95 Å². The van der Waals surface area contributed by atoms with Gasteiger partial charge >= 0.3 is 6.18 Å². The van der Waals surface area contributed by atoms with Crippen LogP contribution in [0.15, 0.2) is 24.4 Å². The van der Waals surface area contributed by atoms with Crippen molar-refractivity contribution in [3.05, 3.63) is 52.1 Å². The van der Waals surface area contributed by atoms with Gasteiger partial charge in [-0.2, -0.15) is 23.3 Å². The van der Waals surface area contributed by atoms with Crippen LogP contribution in [0.4, 0.5) is 40.8 Å². The van der Waals surface area contributed by atoms with Crippen LogP contribution in [0.1, 0.15) is 35.6 Å². The molecule has 13 heteroatoms. The van der Waals surface area contributed by atoms with E-state index >= 15 is 4.39 Å². The second kappa shape index (κ2) is 10.6. The molecule has 1 aromatic carbocycles. The van der Waals surface area contributed by atoms with Crippen molar-refractivity contribution in [1.82, 2.24) is 25.1 Å². The number of nitrogens with one attached hydrogen (secondary N) is 3. The number of aliphatic hydroxyl groups is 1. The summed E-state index contributed by atoms with van der Waals surface area (Å²) in [7, 11) is 0. The maximum atomic E-state index is 15.0. The van der Waals surface area contributed by atoms with Crippen molar-refractivity contribution in [2.75, 3.05) is 30.3 Å². The molecule has 8 nitrogen and oxygen atoms in total. The number of aromatic nitrogens is 4. The highest BCUT2D eigenvalue weighted by Gasteiger charge is 2.39. The van der Waals surface area contributed by atoms with Crippen molar-refractivity contribution in [3.63, 3.8) is 0 Å². The molecule has 4 N–H and O–H groups in total. The molecule has 0 radical (unpaired) electrons. The lowest BCUT2D eigenvalue weighted by Crippen LogP contribution is -2.44. The zero-order chi connectivity index (χ0) is 26.0. The second-order valence-corrected chi connectivity index (χ2v) is 9.30. The SMILES string of the molecule is Cc1cc(Nc2nc(Nc3cc(C)c(C4CCN(CC(O)C(F)(F)F)CC4)cc3F)ncc2Cl)n[nH]1. The van der Waals surface area contributed by atoms with Crippen LogP contribution in [0.2, 0.25) is 5.02 Å². The van der Waals surface area contributed by atoms with E-state index in [0.29, 0.717) is 37.6 Å². The van der Waals surface area contributed by atoms with Crippen molar-refractivity contribution in [3.8, 4) is 0 Å². The topological polar surface area (TPSA) is 102 Å². The third-order valence-electron chi connectivity index (χ3n) is 6.14. The first-order valence-corrected chi connectivity index (χ1v) is 11.7. The molecule has 0 saturated carbocycles. The van der Waals surface area contributed by atoms with Crippen LogP contribution in [0.3, 0.4) is 0 Å². The third kappa shape index (κ3) is 6.23. The molecule has 1 aliphatic rings. The number of aromatic amines is 1. The number of H-pyrrole nitrogens is 1. The molecule has 0 amide bonds. The number of nitrogens with zero attached hydrogens (tertiary/aromatic N) is 4. The van der Waals surface area contributed by atoms with Gasteiger partial charge in [-0.1, -0.05) is 11.6 Å². The fourth-order valence-electron chi connectivity index (χ4n) is 4.25. The molecule has 0 bridgehead atoms. The maximum absolute atomic E-state index is 15.0. The second-order valence-electron chi connectivity index (χ2n) is 8.90. The molecular weight excluding hydrogens is 502 g/mol. The number of halogens is 5. The van der Waals surface area contributed by atoms with Crippen LogP contribution < -0.4 is 10.6 Å². The normalized spacial score (nSPS) is 16.2. The van der Waals surface area contributed by atoms with Crippen LogP contribution in [-0.4, -0.2) is 62.1 Å². The highest BCUT2D eigenvalue weighted by Crippen LogP contribution is 2.34. The first kappa shape index (κ1) is 26.1. The maximum Gasteiger partial charge on any atom is 0.415 e. The average molecular weight is 528 g/mol. The van der Waals surface area contributed by atoms with Gasteiger partial charge in [0, 0.05) is 18.3 Å². The van der Waals surface area contributed by atoms with E-state index in [2.05, 4.69) is 30.8 Å². The molecule has 3 heterocycles. The van der Waals surface area contributed by atoms with E-state index in [1.807, 2.05) is 13.8 Å². The number of piperidine rings is 1. The Bertz CT molecular complexity index is 1210. The minimum absolute atomic E-state index is 0.00715. The Morgan fingerprint density at radius 1 is 1.19 bits per heavy atom. The summed E-state index contributed by atoms with van der Waals surface area (Å²) in [5, 5.41) is 22.3. The largest absolute Gasteiger partial charge is 0.415 e. The van der Waals surface area contributed by atoms with Gasteiger partial charge in [0.15, 0.2) is 17.7 Å². The Kier molecular flexibility index (Phi) is 7.67. The summed E-state index contributed by atoms with van der Waals surface area (Å²) in [5.74, 6) is 0.465. The lowest BCUT2D eigenvalue weighted by atomic mass is 9.86. The van der Waals surface area contributed by atoms with E-state index in [1.165, 1.54) is 12.3 Å². The molecule has 36 heavy (non-hydrogen) atoms. The van der Waals surface area contributed by atoms with E-state index in [9.17, 15) is 18.3 Å². The summed E-state index contributed by atoms with van der Waals surface area (Å²) in [6, 6.07) is 4.88. The number of hydrogen-bond acceptors (Lipinski definition) is 7. The standard InChI is InChI=1S/C23H26ClF4N7O/c1-12-7-18(30-22-29-10-16(24)21(32-22)31-20-8-13(2)33-34-20)17(25)9-15(12)14-3-5-35(6-4-14)11-19(36)23(26,27)28/h7-10,14,19,36H,3-6,11H2,1-2H3,(H3,29,30,31,32,33,34). The summed E-state index contributed by atoms with van der Waals surface area (Å²) in [6.07, 6.45) is -4.48. The smallest absolute Gasteiger partial charge is 0.382 e. The van der Waals surface area contributed by atoms with E-state index in [1.54, 1.807) is 17.0 Å². The molecule has 1 unspecified atom stereocenters. The lowest BCUT2D eigenvalue weighted by Gasteiger charge is -2.34. The summed E-state index contributed by atoms with van der Waals surface area (Å²) < 4.78 is 52.9. The number of likely N-dealkylation sites (tertiary alicyclic amines) is 1. The summed E-state index contributed by atoms with van der Waals surface area (Å²) in [6.45, 7) is 4.04. The summed E-state index contributed by atoms with van der Waals surface area (Å²) >= 11 is 6.18. The van der Waals surface area contributed by atoms with Crippen LogP contribution in [0.25, 0.3) is 0 Å². The van der Waals surface area contributed by atoms with Crippen molar-refractivity contribution >= 4 is 34.9 Å². The Labute approximate surface area is 210 Å². The Morgan fingerprint density at radius 3 is 2.56 bits per heavy atom. The van der Waals surface area contributed by atoms with Gasteiger partial charge in [0.25, 0.3) is 0 Å². The molecule has 1 atom stereocenters. The predicted octanol–water partition coefficient (Wildman–Crippen LogP) is 5.20. The Hall–Kier alpha value is -2.96. The van der Waals surface area contributed by atoms with Gasteiger partial charge < -0.3 is 20.6 Å². The highest BCUT2D eigenvalue weighted by molar-refractivity contribution is 6.32. The van der Waals surface area contributed by atoms with Crippen LogP contribution in [-0.2, 0) is 0 Å². The number of alkyl halides is 3. The minimum atomic E-state index is -4.64. The van der Waals surface area contributed by atoms with E-state index in [4.69, 9.17) is 11.6 Å². The van der Waals surface area contributed by atoms with E-state index < -0.39 is 24.6 Å². The molecule has 1 fully saturated rings. The number of anilines is 4. The molecule has 0 spiro atoms. The Morgan fingerprint density at radius 2 is 1.92 bits per heavy atom. The molecule has 1 saturated heterocycles. The van der Waals surface area contributed by atoms with Crippen molar-refractivity contribution in [2.45, 2.75) is 44.9 Å². The fourth-order valence-corrected chi connectivity index (χ4v) is 4.38. The molecule has 0 aliphatic carbocycles. The minimum Gasteiger partial charge on any atom is -0.382 e. The molecule has 3 aromatic rings. The summed E-state index contributed by atoms with van der Waals surface area (Å²) in [5.41, 5.74) is 2.68. The van der Waals surface area contributed by atoms with Gasteiger partial charge in [0.1, 0.15) is 10.8 Å². The van der Waals surface area contributed by atoms with E-state index in [0.717, 1.165) is 16.8 Å². The van der Waals surface area contributed by atoms with Crippen molar-refractivity contribution < 1.29 is 22.7 Å². The van der Waals surface area contributed by atoms with E-state index in [-0.39, 0.29) is 22.6 Å². The van der Waals surface area contributed by atoms with Gasteiger partial charge in [-0.3, -0.25) is 5.10 Å². The number of benzene rings is 1. The van der Waals surface area contributed by atoms with Crippen molar-refractivity contribution in [1.29, 1.82) is 0 Å². The monoisotopic (exact) mass is 527 g/mol. The van der Waals surface area contributed by atoms with Crippen molar-refractivity contribution in [2.24, 2.45) is 0 Å². The average Bonchev–Trinajstić information content (AvgIpc) is 3.22. The lowest BCUT2D eigenvalue weighted by molar-refractivity contribution is -0.208. The zero-order valence-electron chi connectivity index (χ0n) is 19.6. The number of hydrogen-bond donors (Lipinski definition) is 4. The first-order chi connectivity index (χ1) is 17.0. The van der Waals surface area contributed by atoms with Gasteiger partial charge in [0.05, 0.1) is 11.9 Å². The number of aliphatic hydroxyl groups excluding tert-OH is 1. The fraction of sp³-hybridized carbons (Fsp3) is 0.435. The molecular formula is C23H26ClF4N7O. The number of aryl methyl sites for hydroxylation is 2. The summed E-state index contributed by atoms with van der Waals surface area (Å²) in [4.78, 5) is 10.0. The molecule has 4 rings (SSSR count). The van der Waals surface area contributed by atoms with Gasteiger partial charge in [-0.15, -0.1) is 0 Å². The van der Waals surface area contributed by atoms with Crippen LogP contribution >= 0.6 is 11.6 Å². The Balaban J connectivity index is 1.43. The molecule has 194 valence electrons. The molecule has 2 aromatic heterocycles. The number of rotatable bonds is 7. The van der Waals surface area contributed by atoms with Gasteiger partial charge in [-0.05, 0) is 69.0 Å². The first-order valence-electron chi connectivity index (χ1n) is 11.4. The quantitative estimate of drug-likeness (QED) is 0.313. The van der Waals surface area contributed by atoms with Crippen LogP contribution in [0, 0.1) is 19.7 Å². The molecule has 1 aliphatic heterocycles. The third-order valence-corrected chi connectivity index (χ3v) is 6.41. The predicted molar refractivity (Wildman–Crippen MR) is 129 cm³/mol. The number of β-amino-alcohol motifs (C(OH)–C–C–N with tert-alkyl or cyclic N) is 1.